The molecule has 0 saturated carbocycles. The van der Waals surface area contributed by atoms with E-state index in [1.54, 1.807) is 6.92 Å². The van der Waals surface area contributed by atoms with E-state index in [0.29, 0.717) is 0 Å². The van der Waals surface area contributed by atoms with Gasteiger partial charge in [-0.05, 0) is 46.7 Å². The van der Waals surface area contributed by atoms with Gasteiger partial charge in [-0.15, -0.1) is 0 Å². The lowest BCUT2D eigenvalue weighted by Crippen LogP contribution is -2.45. The molecule has 0 rings (SSSR count). The van der Waals surface area contributed by atoms with Crippen molar-refractivity contribution in [2.75, 3.05) is 19.7 Å². The maximum Gasteiger partial charge on any atom is 0.347 e. The Hall–Kier alpha value is 0.110. The summed E-state index contributed by atoms with van der Waals surface area (Å²) >= 11 is 0. The van der Waals surface area contributed by atoms with Crippen LogP contribution in [0.2, 0.25) is 0 Å². The Morgan fingerprint density at radius 1 is 1.11 bits per heavy atom. The Morgan fingerprint density at radius 3 is 1.89 bits per heavy atom. The molecule has 110 valence electrons. The molecular weight excluding hydrogens is 249 g/mol. The van der Waals surface area contributed by atoms with Crippen molar-refractivity contribution in [2.24, 2.45) is 0 Å². The quantitative estimate of drug-likeness (QED) is 0.617. The van der Waals surface area contributed by atoms with E-state index >= 15 is 0 Å². The second-order valence-corrected chi connectivity index (χ2v) is 7.52. The molecule has 0 aromatic rings. The summed E-state index contributed by atoms with van der Waals surface area (Å²) in [5, 5.41) is -0.812. The van der Waals surface area contributed by atoms with Gasteiger partial charge in [-0.1, -0.05) is 26.7 Å². The summed E-state index contributed by atoms with van der Waals surface area (Å²) in [6.07, 6.45) is 4.25. The Kier molecular flexibility index (Phi) is 8.37. The fraction of sp³-hybridized carbons (Fsp3) is 1.00. The Bertz CT molecular complexity index is 261. The number of nitrogens with zero attached hydrogens (tertiary/aromatic N) is 1. The lowest BCUT2D eigenvalue weighted by molar-refractivity contribution is 0.134. The zero-order valence-corrected chi connectivity index (χ0v) is 13.5. The third-order valence-corrected chi connectivity index (χ3v) is 5.61. The molecular formula is C13H30NO3P. The monoisotopic (exact) mass is 279 g/mol. The number of hydrogen-bond donors (Lipinski definition) is 1. The fourth-order valence-corrected chi connectivity index (χ4v) is 3.09. The van der Waals surface area contributed by atoms with Gasteiger partial charge in [0.05, 0.1) is 6.61 Å². The number of hydrogen-bond acceptors (Lipinski definition) is 3. The highest BCUT2D eigenvalue weighted by atomic mass is 31.2. The second kappa shape index (κ2) is 8.31. The Labute approximate surface area is 112 Å². The van der Waals surface area contributed by atoms with E-state index in [1.165, 1.54) is 0 Å². The van der Waals surface area contributed by atoms with Crippen LogP contribution in [0.3, 0.4) is 0 Å². The first-order valence-corrected chi connectivity index (χ1v) is 8.63. The summed E-state index contributed by atoms with van der Waals surface area (Å²) in [7, 11) is -3.61. The average molecular weight is 279 g/mol. The highest BCUT2D eigenvalue weighted by Crippen LogP contribution is 2.56. The summed E-state index contributed by atoms with van der Waals surface area (Å²) in [4.78, 5) is 12.2. The van der Waals surface area contributed by atoms with Crippen molar-refractivity contribution in [3.63, 3.8) is 0 Å². The van der Waals surface area contributed by atoms with Crippen molar-refractivity contribution in [3.05, 3.63) is 0 Å². The van der Waals surface area contributed by atoms with Crippen LogP contribution in [0.25, 0.3) is 0 Å². The van der Waals surface area contributed by atoms with E-state index in [9.17, 15) is 9.46 Å². The molecule has 0 aromatic heterocycles. The molecule has 1 unspecified atom stereocenters. The van der Waals surface area contributed by atoms with E-state index in [4.69, 9.17) is 4.52 Å². The van der Waals surface area contributed by atoms with Crippen LogP contribution >= 0.6 is 7.60 Å². The van der Waals surface area contributed by atoms with Gasteiger partial charge in [0.25, 0.3) is 0 Å². The SMILES string of the molecule is CCCCN(CCCC)C(C)(C)P(=O)(O)OCC. The van der Waals surface area contributed by atoms with E-state index in [-0.39, 0.29) is 6.61 Å². The summed E-state index contributed by atoms with van der Waals surface area (Å²) in [6, 6.07) is 0. The maximum atomic E-state index is 12.3. The van der Waals surface area contributed by atoms with Gasteiger partial charge in [-0.3, -0.25) is 9.46 Å². The minimum atomic E-state index is -3.61. The predicted molar refractivity (Wildman–Crippen MR) is 76.9 cm³/mol. The highest BCUT2D eigenvalue weighted by molar-refractivity contribution is 7.54. The largest absolute Gasteiger partial charge is 0.347 e. The molecule has 0 radical (unpaired) electrons. The van der Waals surface area contributed by atoms with Crippen LogP contribution in [0.5, 0.6) is 0 Å². The normalized spacial score (nSPS) is 15.9. The molecule has 0 aliphatic carbocycles. The van der Waals surface area contributed by atoms with Crippen LogP contribution in [0, 0.1) is 0 Å². The van der Waals surface area contributed by atoms with Crippen molar-refractivity contribution in [3.8, 4) is 0 Å². The molecule has 1 atom stereocenters. The molecule has 4 nitrogen and oxygen atoms in total. The van der Waals surface area contributed by atoms with Crippen LogP contribution in [-0.4, -0.2) is 34.8 Å². The molecule has 5 heteroatoms. The molecule has 0 saturated heterocycles. The zero-order valence-electron chi connectivity index (χ0n) is 12.6. The minimum absolute atomic E-state index is 0.270. The van der Waals surface area contributed by atoms with Crippen LogP contribution in [0.15, 0.2) is 0 Å². The van der Waals surface area contributed by atoms with Crippen LogP contribution < -0.4 is 0 Å². The molecule has 0 bridgehead atoms. The molecule has 1 N–H and O–H groups in total. The first-order valence-electron chi connectivity index (χ1n) is 7.05. The lowest BCUT2D eigenvalue weighted by Gasteiger charge is -2.40. The van der Waals surface area contributed by atoms with Crippen LogP contribution in [-0.2, 0) is 9.09 Å². The lowest BCUT2D eigenvalue weighted by atomic mass is 10.2. The van der Waals surface area contributed by atoms with E-state index in [0.717, 1.165) is 38.8 Å². The zero-order chi connectivity index (χ0) is 14.2. The molecule has 18 heavy (non-hydrogen) atoms. The van der Waals surface area contributed by atoms with Crippen molar-refractivity contribution in [2.45, 2.75) is 65.6 Å². The maximum absolute atomic E-state index is 12.3. The van der Waals surface area contributed by atoms with Crippen molar-refractivity contribution >= 4 is 7.60 Å². The van der Waals surface area contributed by atoms with E-state index in [2.05, 4.69) is 18.7 Å². The summed E-state index contributed by atoms with van der Waals surface area (Å²) in [5.74, 6) is 0. The molecule has 0 fully saturated rings. The van der Waals surface area contributed by atoms with Crippen molar-refractivity contribution < 1.29 is 14.0 Å². The van der Waals surface area contributed by atoms with Crippen LogP contribution in [0.4, 0.5) is 0 Å². The van der Waals surface area contributed by atoms with Gasteiger partial charge >= 0.3 is 7.60 Å². The Balaban J connectivity index is 4.86. The molecule has 0 aliphatic rings. The molecule has 0 aliphatic heterocycles. The van der Waals surface area contributed by atoms with Gasteiger partial charge in [0.1, 0.15) is 5.28 Å². The van der Waals surface area contributed by atoms with Crippen molar-refractivity contribution in [1.29, 1.82) is 0 Å². The molecule has 0 heterocycles. The Morgan fingerprint density at radius 2 is 1.56 bits per heavy atom. The third-order valence-electron chi connectivity index (χ3n) is 3.33. The highest BCUT2D eigenvalue weighted by Gasteiger charge is 2.44. The smallest absolute Gasteiger partial charge is 0.323 e. The summed E-state index contributed by atoms with van der Waals surface area (Å²) in [6.45, 7) is 11.6. The number of rotatable bonds is 10. The molecule has 0 aromatic carbocycles. The van der Waals surface area contributed by atoms with Gasteiger partial charge in [0, 0.05) is 0 Å². The first kappa shape index (κ1) is 18.1. The van der Waals surface area contributed by atoms with Gasteiger partial charge in [-0.25, -0.2) is 0 Å². The molecule has 0 spiro atoms. The van der Waals surface area contributed by atoms with Gasteiger partial charge in [-0.2, -0.15) is 0 Å². The van der Waals surface area contributed by atoms with E-state index < -0.39 is 12.9 Å². The summed E-state index contributed by atoms with van der Waals surface area (Å²) in [5.41, 5.74) is 0. The van der Waals surface area contributed by atoms with Crippen LogP contribution in [0.1, 0.15) is 60.3 Å². The van der Waals surface area contributed by atoms with Gasteiger partial charge < -0.3 is 9.42 Å². The third kappa shape index (κ3) is 5.00. The van der Waals surface area contributed by atoms with Crippen molar-refractivity contribution in [1.82, 2.24) is 4.90 Å². The molecule has 0 amide bonds. The number of unbranched alkanes of at least 4 members (excludes halogenated alkanes) is 2. The minimum Gasteiger partial charge on any atom is -0.323 e. The van der Waals surface area contributed by atoms with Gasteiger partial charge in [0.15, 0.2) is 0 Å². The van der Waals surface area contributed by atoms with E-state index in [1.807, 2.05) is 13.8 Å². The standard InChI is InChI=1S/C13H30NO3P/c1-6-9-11-14(12-10-7-2)13(4,5)18(15,16)17-8-3/h6-12H2,1-5H3,(H,15,16). The van der Waals surface area contributed by atoms with Gasteiger partial charge in [0.2, 0.25) is 0 Å². The fourth-order valence-electron chi connectivity index (χ4n) is 1.87. The summed E-state index contributed by atoms with van der Waals surface area (Å²) < 4.78 is 17.4. The predicted octanol–water partition coefficient (Wildman–Crippen LogP) is 3.85. The second-order valence-electron chi connectivity index (χ2n) is 5.13. The first-order chi connectivity index (χ1) is 8.33. The average Bonchev–Trinajstić information content (AvgIpc) is 2.28. The topological polar surface area (TPSA) is 49.8 Å².